The summed E-state index contributed by atoms with van der Waals surface area (Å²) in [5.74, 6) is 0.616. The Balaban J connectivity index is 2.29. The lowest BCUT2D eigenvalue weighted by Crippen LogP contribution is -2.24. The monoisotopic (exact) mass is 375 g/mol. The number of aryl methyl sites for hydroxylation is 2. The summed E-state index contributed by atoms with van der Waals surface area (Å²) in [5.41, 5.74) is 1.24. The average molecular weight is 376 g/mol. The molecular weight excluding hydrogens is 362 g/mol. The Morgan fingerprint density at radius 3 is 2.67 bits per heavy atom. The van der Waals surface area contributed by atoms with Gasteiger partial charge in [0.25, 0.3) is 0 Å². The second-order valence-corrected chi connectivity index (χ2v) is 6.97. The number of hydrogen-bond acceptors (Lipinski definition) is 6. The number of nitrogens with one attached hydrogen (secondary N) is 1. The van der Waals surface area contributed by atoms with Gasteiger partial charge in [-0.3, -0.25) is 0 Å². The van der Waals surface area contributed by atoms with Crippen LogP contribution in [-0.4, -0.2) is 23.7 Å². The number of rotatable bonds is 5. The quantitative estimate of drug-likeness (QED) is 0.818. The van der Waals surface area contributed by atoms with Crippen LogP contribution in [-0.2, 0) is 23.2 Å². The third-order valence-electron chi connectivity index (χ3n) is 2.74. The highest BCUT2D eigenvalue weighted by Gasteiger charge is 2.20. The van der Waals surface area contributed by atoms with Gasteiger partial charge in [0, 0.05) is 11.4 Å². The summed E-state index contributed by atoms with van der Waals surface area (Å²) < 4.78 is 32.3. The van der Waals surface area contributed by atoms with E-state index in [-0.39, 0.29) is 23.9 Å². The van der Waals surface area contributed by atoms with Gasteiger partial charge in [0.2, 0.25) is 15.9 Å². The highest BCUT2D eigenvalue weighted by atomic mass is 79.9. The van der Waals surface area contributed by atoms with Gasteiger partial charge in [-0.25, -0.2) is 13.1 Å². The van der Waals surface area contributed by atoms with Gasteiger partial charge < -0.3 is 9.63 Å². The summed E-state index contributed by atoms with van der Waals surface area (Å²) in [4.78, 5) is 3.99. The fraction of sp³-hybridized carbons (Fsp3) is 0.333. The van der Waals surface area contributed by atoms with Crippen molar-refractivity contribution in [3.63, 3.8) is 0 Å². The van der Waals surface area contributed by atoms with Crippen LogP contribution in [0, 0.1) is 13.8 Å². The summed E-state index contributed by atoms with van der Waals surface area (Å²) in [7, 11) is -3.76. The lowest BCUT2D eigenvalue weighted by atomic mass is 10.1. The molecule has 9 heteroatoms. The van der Waals surface area contributed by atoms with Crippen LogP contribution in [0.2, 0.25) is 0 Å². The molecule has 1 aromatic carbocycles. The normalized spacial score (nSPS) is 11.8. The predicted molar refractivity (Wildman–Crippen MR) is 77.9 cm³/mol. The Kier molecular flexibility index (Phi) is 4.77. The fourth-order valence-electron chi connectivity index (χ4n) is 1.75. The van der Waals surface area contributed by atoms with Crippen LogP contribution in [0.3, 0.4) is 0 Å². The van der Waals surface area contributed by atoms with Crippen LogP contribution in [0.4, 0.5) is 0 Å². The van der Waals surface area contributed by atoms with E-state index in [0.717, 1.165) is 5.56 Å². The smallest absolute Gasteiger partial charge is 0.242 e. The van der Waals surface area contributed by atoms with E-state index in [1.807, 2.05) is 0 Å². The lowest BCUT2D eigenvalue weighted by molar-refractivity contribution is 0.281. The van der Waals surface area contributed by atoms with Crippen molar-refractivity contribution in [1.82, 2.24) is 14.9 Å². The maximum absolute atomic E-state index is 12.3. The molecule has 21 heavy (non-hydrogen) atoms. The molecule has 0 aliphatic carbocycles. The molecule has 0 saturated heterocycles. The molecule has 0 spiro atoms. The zero-order chi connectivity index (χ0) is 15.6. The molecule has 1 heterocycles. The molecule has 0 unspecified atom stereocenters. The van der Waals surface area contributed by atoms with Gasteiger partial charge in [-0.2, -0.15) is 4.98 Å². The van der Waals surface area contributed by atoms with Crippen molar-refractivity contribution in [2.24, 2.45) is 0 Å². The molecule has 0 bridgehead atoms. The minimum Gasteiger partial charge on any atom is -0.392 e. The standard InChI is InChI=1S/C12H14BrN3O4S/c1-7-3-9(6-17)4-10(12(7)13)21(18,19)14-5-11-15-8(2)20-16-11/h3-4,14,17H,5-6H2,1-2H3. The van der Waals surface area contributed by atoms with Gasteiger partial charge in [-0.05, 0) is 40.0 Å². The molecular formula is C12H14BrN3O4S. The Morgan fingerprint density at radius 1 is 1.38 bits per heavy atom. The first-order valence-electron chi connectivity index (χ1n) is 6.02. The van der Waals surface area contributed by atoms with E-state index in [0.29, 0.717) is 15.9 Å². The molecule has 2 N–H and O–H groups in total. The van der Waals surface area contributed by atoms with Crippen molar-refractivity contribution >= 4 is 26.0 Å². The highest BCUT2D eigenvalue weighted by molar-refractivity contribution is 9.10. The molecule has 0 fully saturated rings. The van der Waals surface area contributed by atoms with Gasteiger partial charge in [-0.15, -0.1) is 0 Å². The van der Waals surface area contributed by atoms with Crippen molar-refractivity contribution in [2.45, 2.75) is 31.9 Å². The van der Waals surface area contributed by atoms with E-state index < -0.39 is 10.0 Å². The molecule has 0 radical (unpaired) electrons. The number of aromatic nitrogens is 2. The zero-order valence-electron chi connectivity index (χ0n) is 11.4. The van der Waals surface area contributed by atoms with Crippen molar-refractivity contribution in [2.75, 3.05) is 0 Å². The molecule has 0 aliphatic heterocycles. The summed E-state index contributed by atoms with van der Waals surface area (Å²) in [6.45, 7) is 3.07. The maximum atomic E-state index is 12.3. The van der Waals surface area contributed by atoms with Gasteiger partial charge in [0.1, 0.15) is 0 Å². The third kappa shape index (κ3) is 3.67. The number of aliphatic hydroxyl groups is 1. The molecule has 1 aromatic heterocycles. The maximum Gasteiger partial charge on any atom is 0.242 e. The van der Waals surface area contributed by atoms with Crippen LogP contribution >= 0.6 is 15.9 Å². The van der Waals surface area contributed by atoms with E-state index >= 15 is 0 Å². The molecule has 0 amide bonds. The van der Waals surface area contributed by atoms with Gasteiger partial charge in [0.05, 0.1) is 18.0 Å². The lowest BCUT2D eigenvalue weighted by Gasteiger charge is -2.11. The summed E-state index contributed by atoms with van der Waals surface area (Å²) in [5, 5.41) is 12.8. The first-order chi connectivity index (χ1) is 9.83. The molecule has 0 atom stereocenters. The minimum atomic E-state index is -3.76. The highest BCUT2D eigenvalue weighted by Crippen LogP contribution is 2.27. The van der Waals surface area contributed by atoms with Gasteiger partial charge in [-0.1, -0.05) is 11.2 Å². The van der Waals surface area contributed by atoms with Crippen molar-refractivity contribution in [3.8, 4) is 0 Å². The van der Waals surface area contributed by atoms with Crippen LogP contribution in [0.1, 0.15) is 22.8 Å². The number of nitrogens with zero attached hydrogens (tertiary/aromatic N) is 2. The van der Waals surface area contributed by atoms with E-state index in [2.05, 4.69) is 30.8 Å². The van der Waals surface area contributed by atoms with E-state index in [4.69, 9.17) is 4.52 Å². The SMILES string of the molecule is Cc1nc(CNS(=O)(=O)c2cc(CO)cc(C)c2Br)no1. The fourth-order valence-corrected chi connectivity index (χ4v) is 3.79. The minimum absolute atomic E-state index is 0.0618. The summed E-state index contributed by atoms with van der Waals surface area (Å²) >= 11 is 3.26. The van der Waals surface area contributed by atoms with E-state index in [9.17, 15) is 13.5 Å². The van der Waals surface area contributed by atoms with Crippen molar-refractivity contribution in [1.29, 1.82) is 0 Å². The van der Waals surface area contributed by atoms with Crippen LogP contribution < -0.4 is 4.72 Å². The molecule has 2 aromatic rings. The number of halogens is 1. The average Bonchev–Trinajstić information content (AvgIpc) is 2.85. The Labute approximate surface area is 130 Å². The molecule has 2 rings (SSSR count). The number of hydrogen-bond donors (Lipinski definition) is 2. The molecule has 114 valence electrons. The molecule has 0 saturated carbocycles. The van der Waals surface area contributed by atoms with E-state index in [1.54, 1.807) is 19.9 Å². The summed E-state index contributed by atoms with van der Waals surface area (Å²) in [6, 6.07) is 3.13. The van der Waals surface area contributed by atoms with Crippen molar-refractivity contribution < 1.29 is 18.0 Å². The van der Waals surface area contributed by atoms with E-state index in [1.165, 1.54) is 6.07 Å². The van der Waals surface area contributed by atoms with Crippen LogP contribution in [0.25, 0.3) is 0 Å². The topological polar surface area (TPSA) is 105 Å². The summed E-state index contributed by atoms with van der Waals surface area (Å²) in [6.07, 6.45) is 0. The number of sulfonamides is 1. The second kappa shape index (κ2) is 6.22. The van der Waals surface area contributed by atoms with Crippen molar-refractivity contribution in [3.05, 3.63) is 39.4 Å². The van der Waals surface area contributed by atoms with Gasteiger partial charge in [0.15, 0.2) is 5.82 Å². The Morgan fingerprint density at radius 2 is 2.10 bits per heavy atom. The number of aliphatic hydroxyl groups excluding tert-OH is 1. The first-order valence-corrected chi connectivity index (χ1v) is 8.30. The number of benzene rings is 1. The molecule has 0 aliphatic rings. The zero-order valence-corrected chi connectivity index (χ0v) is 13.8. The first kappa shape index (κ1) is 16.1. The Hall–Kier alpha value is -1.29. The largest absolute Gasteiger partial charge is 0.392 e. The second-order valence-electron chi connectivity index (χ2n) is 4.44. The Bertz CT molecular complexity index is 758. The third-order valence-corrected chi connectivity index (χ3v) is 5.48. The van der Waals surface area contributed by atoms with Crippen LogP contribution in [0.5, 0.6) is 0 Å². The predicted octanol–water partition coefficient (Wildman–Crippen LogP) is 1.42. The van der Waals surface area contributed by atoms with Gasteiger partial charge >= 0.3 is 0 Å². The molecule has 7 nitrogen and oxygen atoms in total. The van der Waals surface area contributed by atoms with Crippen LogP contribution in [0.15, 0.2) is 26.0 Å².